The van der Waals surface area contributed by atoms with E-state index in [4.69, 9.17) is 4.74 Å². The monoisotopic (exact) mass is 807 g/mol. The maximum atomic E-state index is 14.6. The zero-order chi connectivity index (χ0) is 42.0. The molecule has 1 aromatic carbocycles. The molecule has 2 aliphatic heterocycles. The minimum absolute atomic E-state index is 0.00995. The van der Waals surface area contributed by atoms with Gasteiger partial charge in [0, 0.05) is 38.4 Å². The Hall–Kier alpha value is -4.25. The molecule has 1 fully saturated rings. The Morgan fingerprint density at radius 1 is 0.982 bits per heavy atom. The summed E-state index contributed by atoms with van der Waals surface area (Å²) in [5, 5.41) is 12.4. The minimum Gasteiger partial charge on any atom is -0.444 e. The molecule has 1 saturated heterocycles. The van der Waals surface area contributed by atoms with Crippen molar-refractivity contribution < 1.29 is 49.0 Å². The summed E-state index contributed by atoms with van der Waals surface area (Å²) in [6.45, 7) is 12.1. The predicted molar refractivity (Wildman–Crippen MR) is 194 cm³/mol. The van der Waals surface area contributed by atoms with Crippen LogP contribution in [0.4, 0.5) is 55.9 Å². The number of carbonyl (C=O) groups is 1. The number of carbonyl (C=O) groups excluding carboxylic acids is 1. The van der Waals surface area contributed by atoms with Crippen LogP contribution in [0.15, 0.2) is 41.0 Å². The molecule has 4 rings (SSSR count). The molecule has 0 N–H and O–H groups in total. The zero-order valence-electron chi connectivity index (χ0n) is 32.9. The molecule has 0 saturated carbocycles. The zero-order valence-corrected chi connectivity index (χ0v) is 32.9. The molecule has 1 amide bonds. The predicted octanol–water partition coefficient (Wildman–Crippen LogP) is 9.97. The minimum atomic E-state index is -5.00. The summed E-state index contributed by atoms with van der Waals surface area (Å²) >= 11 is 0. The molecule has 2 aliphatic rings. The molecule has 0 spiro atoms. The van der Waals surface area contributed by atoms with Crippen LogP contribution in [0.25, 0.3) is 0 Å². The van der Waals surface area contributed by atoms with Crippen molar-refractivity contribution in [3.05, 3.63) is 63.3 Å². The Bertz CT molecular complexity index is 1800. The van der Waals surface area contributed by atoms with Gasteiger partial charge in [-0.2, -0.15) is 44.3 Å². The lowest BCUT2D eigenvalue weighted by Crippen LogP contribution is -2.44. The second kappa shape index (κ2) is 17.1. The van der Waals surface area contributed by atoms with Gasteiger partial charge >= 0.3 is 24.6 Å². The second-order valence-electron chi connectivity index (χ2n) is 15.6. The van der Waals surface area contributed by atoms with Crippen LogP contribution in [0.1, 0.15) is 95.0 Å². The molecule has 3 heterocycles. The standard InChI is InChI=1S/C38H50F9N7O2/c1-9-26(20-36(39,40)41)19-28(37(42,43)44)17-23(2)21-54(33-48-50-51(8)49-33)30-11-10-14-53(32-25(4)31(38(45,46)47)24(3)18-29(30)32)22-27-12-15-52(16-13-27)34(55)56-35(5,6)7/h9,17-19,27,30H,10-16,20-22H2,1-8H3/b23-17+,26-9+,28-19+. The molecule has 1 atom stereocenters. The number of anilines is 2. The van der Waals surface area contributed by atoms with Gasteiger partial charge in [0.05, 0.1) is 30.6 Å². The van der Waals surface area contributed by atoms with E-state index in [1.54, 1.807) is 30.6 Å². The quantitative estimate of drug-likeness (QED) is 0.184. The summed E-state index contributed by atoms with van der Waals surface area (Å²) in [7, 11) is 1.49. The van der Waals surface area contributed by atoms with E-state index in [1.807, 2.05) is 4.90 Å². The van der Waals surface area contributed by atoms with Gasteiger partial charge in [-0.1, -0.05) is 22.8 Å². The van der Waals surface area contributed by atoms with E-state index in [9.17, 15) is 44.3 Å². The first-order valence-corrected chi connectivity index (χ1v) is 18.4. The summed E-state index contributed by atoms with van der Waals surface area (Å²) < 4.78 is 132. The van der Waals surface area contributed by atoms with E-state index in [0.29, 0.717) is 69.2 Å². The third-order valence-electron chi connectivity index (χ3n) is 9.78. The number of rotatable bonds is 9. The molecule has 0 aliphatic carbocycles. The third kappa shape index (κ3) is 11.6. The molecule has 18 heteroatoms. The highest BCUT2D eigenvalue weighted by molar-refractivity contribution is 5.69. The van der Waals surface area contributed by atoms with Gasteiger partial charge in [0.1, 0.15) is 5.60 Å². The number of halogens is 9. The smallest absolute Gasteiger partial charge is 0.416 e. The number of alkyl halides is 9. The lowest BCUT2D eigenvalue weighted by Gasteiger charge is -2.38. The lowest BCUT2D eigenvalue weighted by molar-refractivity contribution is -0.138. The van der Waals surface area contributed by atoms with E-state index >= 15 is 0 Å². The number of hydrogen-bond acceptors (Lipinski definition) is 7. The number of likely N-dealkylation sites (tertiary alicyclic amines) is 1. The van der Waals surface area contributed by atoms with Gasteiger partial charge in [-0.05, 0) is 120 Å². The Kier molecular flexibility index (Phi) is 13.6. The number of piperidine rings is 1. The van der Waals surface area contributed by atoms with E-state index < -0.39 is 59.4 Å². The average Bonchev–Trinajstić information content (AvgIpc) is 3.39. The highest BCUT2D eigenvalue weighted by Crippen LogP contribution is 2.46. The van der Waals surface area contributed by atoms with Crippen molar-refractivity contribution in [3.63, 3.8) is 0 Å². The molecule has 9 nitrogen and oxygen atoms in total. The van der Waals surface area contributed by atoms with Crippen molar-refractivity contribution in [1.29, 1.82) is 0 Å². The maximum absolute atomic E-state index is 14.6. The van der Waals surface area contributed by atoms with Gasteiger partial charge in [0.25, 0.3) is 5.95 Å². The Morgan fingerprint density at radius 3 is 2.14 bits per heavy atom. The van der Waals surface area contributed by atoms with Crippen molar-refractivity contribution in [1.82, 2.24) is 25.1 Å². The van der Waals surface area contributed by atoms with Gasteiger partial charge in [0.2, 0.25) is 0 Å². The SMILES string of the molecule is C\C=C(/C=C(\C=C(/C)CN(c1nnn(C)n1)C1CCCN(CC2CCN(C(=O)OC(C)(C)C)CC2)c2c1cc(C)c(C(F)(F)F)c2C)C(F)(F)F)CC(F)(F)F. The van der Waals surface area contributed by atoms with Crippen LogP contribution in [0.2, 0.25) is 0 Å². The van der Waals surface area contributed by atoms with E-state index in [2.05, 4.69) is 15.4 Å². The fourth-order valence-electron chi connectivity index (χ4n) is 7.46. The van der Waals surface area contributed by atoms with Crippen LogP contribution >= 0.6 is 0 Å². The van der Waals surface area contributed by atoms with Crippen molar-refractivity contribution in [2.75, 3.05) is 42.5 Å². The molecule has 2 aromatic rings. The number of fused-ring (bicyclic) bond motifs is 1. The Morgan fingerprint density at radius 2 is 1.62 bits per heavy atom. The largest absolute Gasteiger partial charge is 0.444 e. The normalized spacial score (nSPS) is 18.6. The average molecular weight is 808 g/mol. The molecule has 1 unspecified atom stereocenters. The van der Waals surface area contributed by atoms with Crippen LogP contribution in [-0.4, -0.2) is 81.9 Å². The van der Waals surface area contributed by atoms with Gasteiger partial charge < -0.3 is 19.4 Å². The highest BCUT2D eigenvalue weighted by atomic mass is 19.4. The summed E-state index contributed by atoms with van der Waals surface area (Å²) in [6, 6.07) is 0.740. The topological polar surface area (TPSA) is 79.6 Å². The number of hydrogen-bond donors (Lipinski definition) is 0. The maximum Gasteiger partial charge on any atom is 0.416 e. The number of ether oxygens (including phenoxy) is 1. The number of nitrogens with zero attached hydrogens (tertiary/aromatic N) is 7. The molecule has 1 aromatic heterocycles. The van der Waals surface area contributed by atoms with Gasteiger partial charge in [0.15, 0.2) is 0 Å². The van der Waals surface area contributed by atoms with Gasteiger partial charge in [-0.3, -0.25) is 0 Å². The number of allylic oxidation sites excluding steroid dienone is 5. The molecule has 0 radical (unpaired) electrons. The van der Waals surface area contributed by atoms with Gasteiger partial charge in [-0.15, -0.1) is 5.10 Å². The Labute approximate surface area is 321 Å². The number of aromatic nitrogens is 4. The molecular weight excluding hydrogens is 757 g/mol. The number of amides is 1. The van der Waals surface area contributed by atoms with Crippen LogP contribution in [0.3, 0.4) is 0 Å². The summed E-state index contributed by atoms with van der Waals surface area (Å²) in [6.07, 6.45) is -12.2. The summed E-state index contributed by atoms with van der Waals surface area (Å²) in [4.78, 5) is 19.0. The summed E-state index contributed by atoms with van der Waals surface area (Å²) in [5.41, 5.74) is -2.39. The van der Waals surface area contributed by atoms with Crippen molar-refractivity contribution in [2.45, 2.75) is 111 Å². The second-order valence-corrected chi connectivity index (χ2v) is 15.6. The fraction of sp³-hybridized carbons (Fsp3) is 0.632. The van der Waals surface area contributed by atoms with Crippen molar-refractivity contribution >= 4 is 17.7 Å². The van der Waals surface area contributed by atoms with Crippen LogP contribution in [0.5, 0.6) is 0 Å². The lowest BCUT2D eigenvalue weighted by atomic mass is 9.90. The first-order valence-electron chi connectivity index (χ1n) is 18.4. The first kappa shape index (κ1) is 44.5. The Balaban J connectivity index is 1.77. The molecule has 312 valence electrons. The third-order valence-corrected chi connectivity index (χ3v) is 9.78. The first-order chi connectivity index (χ1) is 25.8. The number of aryl methyl sites for hydroxylation is 2. The number of benzene rings is 1. The molecular formula is C38H50F9N7O2. The van der Waals surface area contributed by atoms with Crippen LogP contribution in [0, 0.1) is 19.8 Å². The van der Waals surface area contributed by atoms with E-state index in [0.717, 1.165) is 16.9 Å². The number of tetrazole rings is 1. The van der Waals surface area contributed by atoms with Crippen LogP contribution < -0.4 is 9.80 Å². The van der Waals surface area contributed by atoms with Crippen molar-refractivity contribution in [3.8, 4) is 0 Å². The van der Waals surface area contributed by atoms with Crippen LogP contribution in [-0.2, 0) is 18.0 Å². The molecule has 0 bridgehead atoms. The van der Waals surface area contributed by atoms with Crippen molar-refractivity contribution in [2.24, 2.45) is 13.0 Å². The highest BCUT2D eigenvalue weighted by Gasteiger charge is 2.41. The molecule has 56 heavy (non-hydrogen) atoms. The van der Waals surface area contributed by atoms with E-state index in [-0.39, 0.29) is 35.1 Å². The summed E-state index contributed by atoms with van der Waals surface area (Å²) in [5.74, 6) is 0.0427. The fourth-order valence-corrected chi connectivity index (χ4v) is 7.46. The van der Waals surface area contributed by atoms with Gasteiger partial charge in [-0.25, -0.2) is 4.79 Å². The van der Waals surface area contributed by atoms with E-state index in [1.165, 1.54) is 40.8 Å².